The fourth-order valence-corrected chi connectivity index (χ4v) is 3.22. The van der Waals surface area contributed by atoms with E-state index in [-0.39, 0.29) is 5.60 Å². The SMILES string of the molecule is CCC1CCC(CNC(C)C)(OCCC2CC2)CC1. The van der Waals surface area contributed by atoms with Gasteiger partial charge in [0.05, 0.1) is 5.60 Å². The maximum atomic E-state index is 6.40. The van der Waals surface area contributed by atoms with Crippen LogP contribution in [-0.4, -0.2) is 24.8 Å². The van der Waals surface area contributed by atoms with Crippen molar-refractivity contribution < 1.29 is 4.74 Å². The van der Waals surface area contributed by atoms with E-state index >= 15 is 0 Å². The van der Waals surface area contributed by atoms with Crippen LogP contribution in [0.5, 0.6) is 0 Å². The lowest BCUT2D eigenvalue weighted by molar-refractivity contribution is -0.0792. The smallest absolute Gasteiger partial charge is 0.0806 e. The molecule has 0 saturated heterocycles. The van der Waals surface area contributed by atoms with Gasteiger partial charge in [0.2, 0.25) is 0 Å². The van der Waals surface area contributed by atoms with Crippen molar-refractivity contribution in [3.63, 3.8) is 0 Å². The predicted molar refractivity (Wildman–Crippen MR) is 81.4 cm³/mol. The average Bonchev–Trinajstić information content (AvgIpc) is 3.22. The quantitative estimate of drug-likeness (QED) is 0.713. The highest BCUT2D eigenvalue weighted by Gasteiger charge is 2.36. The second kappa shape index (κ2) is 7.08. The Labute approximate surface area is 119 Å². The molecule has 0 atom stereocenters. The summed E-state index contributed by atoms with van der Waals surface area (Å²) in [5.74, 6) is 1.93. The van der Waals surface area contributed by atoms with Gasteiger partial charge in [-0.3, -0.25) is 0 Å². The second-order valence-electron chi connectivity index (χ2n) is 7.15. The topological polar surface area (TPSA) is 21.3 Å². The van der Waals surface area contributed by atoms with Gasteiger partial charge in [-0.2, -0.15) is 0 Å². The summed E-state index contributed by atoms with van der Waals surface area (Å²) in [5.41, 5.74) is 0.144. The van der Waals surface area contributed by atoms with Crippen molar-refractivity contribution in [2.24, 2.45) is 11.8 Å². The van der Waals surface area contributed by atoms with E-state index in [1.807, 2.05) is 0 Å². The highest BCUT2D eigenvalue weighted by Crippen LogP contribution is 2.38. The summed E-state index contributed by atoms with van der Waals surface area (Å²) in [6, 6.07) is 0.563. The third-order valence-corrected chi connectivity index (χ3v) is 5.06. The summed E-state index contributed by atoms with van der Waals surface area (Å²) < 4.78 is 6.40. The third-order valence-electron chi connectivity index (χ3n) is 5.06. The lowest BCUT2D eigenvalue weighted by Gasteiger charge is -2.41. The molecule has 2 aliphatic carbocycles. The standard InChI is InChI=1S/C17H33NO/c1-4-15-7-10-17(11-8-15,13-18-14(2)3)19-12-9-16-5-6-16/h14-16,18H,4-13H2,1-3H3. The molecule has 0 unspecified atom stereocenters. The van der Waals surface area contributed by atoms with Gasteiger partial charge in [0.1, 0.15) is 0 Å². The van der Waals surface area contributed by atoms with Gasteiger partial charge in [-0.15, -0.1) is 0 Å². The Kier molecular flexibility index (Phi) is 5.70. The van der Waals surface area contributed by atoms with Gasteiger partial charge in [-0.1, -0.05) is 40.0 Å². The van der Waals surface area contributed by atoms with Crippen molar-refractivity contribution in [2.75, 3.05) is 13.2 Å². The Balaban J connectivity index is 1.80. The van der Waals surface area contributed by atoms with Crippen LogP contribution in [0.15, 0.2) is 0 Å². The summed E-state index contributed by atoms with van der Waals surface area (Å²) >= 11 is 0. The Morgan fingerprint density at radius 3 is 2.32 bits per heavy atom. The van der Waals surface area contributed by atoms with Crippen LogP contribution in [0, 0.1) is 11.8 Å². The predicted octanol–water partition coefficient (Wildman–Crippen LogP) is 4.14. The van der Waals surface area contributed by atoms with Crippen LogP contribution in [0.4, 0.5) is 0 Å². The van der Waals surface area contributed by atoms with Gasteiger partial charge in [-0.05, 0) is 43.9 Å². The maximum absolute atomic E-state index is 6.40. The Bertz CT molecular complexity index is 252. The van der Waals surface area contributed by atoms with Crippen molar-refractivity contribution in [1.29, 1.82) is 0 Å². The minimum absolute atomic E-state index is 0.144. The highest BCUT2D eigenvalue weighted by atomic mass is 16.5. The molecule has 2 heteroatoms. The fourth-order valence-electron chi connectivity index (χ4n) is 3.22. The van der Waals surface area contributed by atoms with E-state index in [9.17, 15) is 0 Å². The molecule has 112 valence electrons. The Morgan fingerprint density at radius 1 is 1.11 bits per heavy atom. The zero-order chi connectivity index (χ0) is 13.7. The maximum Gasteiger partial charge on any atom is 0.0806 e. The highest BCUT2D eigenvalue weighted by molar-refractivity contribution is 4.90. The van der Waals surface area contributed by atoms with E-state index in [4.69, 9.17) is 4.74 Å². The zero-order valence-corrected chi connectivity index (χ0v) is 13.2. The Hall–Kier alpha value is -0.0800. The zero-order valence-electron chi connectivity index (χ0n) is 13.2. The normalized spacial score (nSPS) is 31.9. The number of hydrogen-bond acceptors (Lipinski definition) is 2. The molecule has 0 spiro atoms. The van der Waals surface area contributed by atoms with Gasteiger partial charge < -0.3 is 10.1 Å². The minimum Gasteiger partial charge on any atom is -0.374 e. The van der Waals surface area contributed by atoms with Gasteiger partial charge in [0, 0.05) is 19.2 Å². The molecule has 0 heterocycles. The molecule has 0 aromatic carbocycles. The van der Waals surface area contributed by atoms with Crippen LogP contribution in [0.1, 0.15) is 72.1 Å². The molecule has 2 nitrogen and oxygen atoms in total. The summed E-state index contributed by atoms with van der Waals surface area (Å²) in [6.45, 7) is 8.83. The number of ether oxygens (including phenoxy) is 1. The van der Waals surface area contributed by atoms with Gasteiger partial charge in [0.25, 0.3) is 0 Å². The molecule has 0 bridgehead atoms. The number of hydrogen-bond donors (Lipinski definition) is 1. The van der Waals surface area contributed by atoms with Crippen LogP contribution in [-0.2, 0) is 4.74 Å². The van der Waals surface area contributed by atoms with Crippen molar-refractivity contribution >= 4 is 0 Å². The molecule has 2 fully saturated rings. The van der Waals surface area contributed by atoms with Crippen LogP contribution in [0.3, 0.4) is 0 Å². The molecular weight excluding hydrogens is 234 g/mol. The minimum atomic E-state index is 0.144. The molecule has 0 aromatic rings. The van der Waals surface area contributed by atoms with E-state index in [1.165, 1.54) is 51.4 Å². The summed E-state index contributed by atoms with van der Waals surface area (Å²) in [4.78, 5) is 0. The molecule has 19 heavy (non-hydrogen) atoms. The van der Waals surface area contributed by atoms with Gasteiger partial charge in [0.15, 0.2) is 0 Å². The Morgan fingerprint density at radius 2 is 1.79 bits per heavy atom. The van der Waals surface area contributed by atoms with Crippen LogP contribution >= 0.6 is 0 Å². The summed E-state index contributed by atoms with van der Waals surface area (Å²) in [7, 11) is 0. The van der Waals surface area contributed by atoms with Gasteiger partial charge >= 0.3 is 0 Å². The van der Waals surface area contributed by atoms with Crippen molar-refractivity contribution in [2.45, 2.75) is 83.8 Å². The van der Waals surface area contributed by atoms with Crippen molar-refractivity contribution in [3.8, 4) is 0 Å². The average molecular weight is 267 g/mol. The molecule has 0 radical (unpaired) electrons. The molecule has 0 aliphatic heterocycles. The van der Waals surface area contributed by atoms with Gasteiger partial charge in [-0.25, -0.2) is 0 Å². The number of nitrogens with one attached hydrogen (secondary N) is 1. The lowest BCUT2D eigenvalue weighted by Crippen LogP contribution is -2.47. The molecule has 2 saturated carbocycles. The van der Waals surface area contributed by atoms with Crippen molar-refractivity contribution in [3.05, 3.63) is 0 Å². The monoisotopic (exact) mass is 267 g/mol. The molecular formula is C17H33NO. The molecule has 2 rings (SSSR count). The molecule has 1 N–H and O–H groups in total. The van der Waals surface area contributed by atoms with Crippen LogP contribution in [0.2, 0.25) is 0 Å². The number of rotatable bonds is 8. The summed E-state index contributed by atoms with van der Waals surface area (Å²) in [5, 5.41) is 3.62. The van der Waals surface area contributed by atoms with E-state index in [0.717, 1.165) is 25.0 Å². The third kappa shape index (κ3) is 5.07. The molecule has 2 aliphatic rings. The molecule has 0 amide bonds. The largest absolute Gasteiger partial charge is 0.374 e. The first kappa shape index (κ1) is 15.3. The van der Waals surface area contributed by atoms with E-state index in [1.54, 1.807) is 0 Å². The van der Waals surface area contributed by atoms with Crippen LogP contribution in [0.25, 0.3) is 0 Å². The first-order chi connectivity index (χ1) is 9.13. The van der Waals surface area contributed by atoms with Crippen molar-refractivity contribution in [1.82, 2.24) is 5.32 Å². The second-order valence-corrected chi connectivity index (χ2v) is 7.15. The van der Waals surface area contributed by atoms with E-state index in [0.29, 0.717) is 6.04 Å². The summed E-state index contributed by atoms with van der Waals surface area (Å²) in [6.07, 6.45) is 10.8. The van der Waals surface area contributed by atoms with Crippen LogP contribution < -0.4 is 5.32 Å². The first-order valence-electron chi connectivity index (χ1n) is 8.51. The fraction of sp³-hybridized carbons (Fsp3) is 1.00. The van der Waals surface area contributed by atoms with E-state index < -0.39 is 0 Å². The van der Waals surface area contributed by atoms with E-state index in [2.05, 4.69) is 26.1 Å². The molecule has 0 aromatic heterocycles. The lowest BCUT2D eigenvalue weighted by atomic mass is 9.77. The first-order valence-corrected chi connectivity index (χ1v) is 8.51.